The normalized spacial score (nSPS) is 19.3. The van der Waals surface area contributed by atoms with Crippen LogP contribution in [0.5, 0.6) is 0 Å². The van der Waals surface area contributed by atoms with Gasteiger partial charge in [0.15, 0.2) is 0 Å². The van der Waals surface area contributed by atoms with Crippen LogP contribution >= 0.6 is 0 Å². The maximum absolute atomic E-state index is 4.47. The van der Waals surface area contributed by atoms with Crippen LogP contribution in [0.1, 0.15) is 56.4 Å². The van der Waals surface area contributed by atoms with Gasteiger partial charge in [0, 0.05) is 11.9 Å². The number of hydrogen-bond acceptors (Lipinski definition) is 1. The molecule has 0 radical (unpaired) electrons. The lowest BCUT2D eigenvalue weighted by Crippen LogP contribution is -2.09. The number of aryl methyl sites for hydroxylation is 2. The molecule has 1 aliphatic carbocycles. The van der Waals surface area contributed by atoms with Crippen LogP contribution in [0.2, 0.25) is 0 Å². The lowest BCUT2D eigenvalue weighted by atomic mass is 9.86. The summed E-state index contributed by atoms with van der Waals surface area (Å²) < 4.78 is 0. The van der Waals surface area contributed by atoms with Gasteiger partial charge in [-0.3, -0.25) is 4.98 Å². The Morgan fingerprint density at radius 3 is 2.79 bits per heavy atom. The van der Waals surface area contributed by atoms with E-state index in [0.29, 0.717) is 0 Å². The molecule has 14 heavy (non-hydrogen) atoms. The van der Waals surface area contributed by atoms with Crippen molar-refractivity contribution in [1.29, 1.82) is 0 Å². The predicted octanol–water partition coefficient (Wildman–Crippen LogP) is 3.86. The summed E-state index contributed by atoms with van der Waals surface area (Å²) in [5, 5.41) is 0. The molecule has 1 aromatic heterocycles. The zero-order valence-electron chi connectivity index (χ0n) is 9.80. The number of pyridine rings is 1. The van der Waals surface area contributed by atoms with Gasteiger partial charge < -0.3 is 0 Å². The number of fused-ring (bicyclic) bond motifs is 1. The second-order valence-electron chi connectivity index (χ2n) is 3.84. The minimum absolute atomic E-state index is 0.723. The zero-order valence-corrected chi connectivity index (χ0v) is 9.80. The molecule has 1 unspecified atom stereocenters. The quantitative estimate of drug-likeness (QED) is 0.607. The van der Waals surface area contributed by atoms with Crippen molar-refractivity contribution in [3.05, 3.63) is 29.1 Å². The molecule has 0 aromatic carbocycles. The van der Waals surface area contributed by atoms with Crippen LogP contribution in [0.4, 0.5) is 0 Å². The summed E-state index contributed by atoms with van der Waals surface area (Å²) in [6.45, 7) is 8.42. The SMILES string of the molecule is CC.Cc1cnc2c(c1)C(C)CCC2. The molecule has 0 amide bonds. The van der Waals surface area contributed by atoms with E-state index in [1.807, 2.05) is 20.0 Å². The lowest BCUT2D eigenvalue weighted by Gasteiger charge is -2.21. The van der Waals surface area contributed by atoms with E-state index in [9.17, 15) is 0 Å². The standard InChI is InChI=1S/C11H15N.C2H6/c1-8-6-10-9(2)4-3-5-11(10)12-7-8;1-2/h6-7,9H,3-5H2,1-2H3;1-2H3. The van der Waals surface area contributed by atoms with Crippen molar-refractivity contribution < 1.29 is 0 Å². The highest BCUT2D eigenvalue weighted by atomic mass is 14.7. The molecule has 0 saturated carbocycles. The van der Waals surface area contributed by atoms with Crippen LogP contribution in [-0.2, 0) is 6.42 Å². The Labute approximate surface area is 87.6 Å². The number of aromatic nitrogens is 1. The van der Waals surface area contributed by atoms with Gasteiger partial charge in [0.05, 0.1) is 0 Å². The van der Waals surface area contributed by atoms with Gasteiger partial charge in [-0.25, -0.2) is 0 Å². The van der Waals surface area contributed by atoms with Crippen LogP contribution < -0.4 is 0 Å². The third kappa shape index (κ3) is 2.34. The van der Waals surface area contributed by atoms with Crippen molar-refractivity contribution in [3.8, 4) is 0 Å². The van der Waals surface area contributed by atoms with Crippen molar-refractivity contribution >= 4 is 0 Å². The molecule has 1 atom stereocenters. The largest absolute Gasteiger partial charge is 0.261 e. The molecule has 0 saturated heterocycles. The highest BCUT2D eigenvalue weighted by Gasteiger charge is 2.16. The number of rotatable bonds is 0. The Hall–Kier alpha value is -0.850. The molecule has 0 aliphatic heterocycles. The van der Waals surface area contributed by atoms with Gasteiger partial charge in [0.2, 0.25) is 0 Å². The van der Waals surface area contributed by atoms with E-state index < -0.39 is 0 Å². The Morgan fingerprint density at radius 2 is 2.07 bits per heavy atom. The Morgan fingerprint density at radius 1 is 1.36 bits per heavy atom. The van der Waals surface area contributed by atoms with E-state index in [4.69, 9.17) is 0 Å². The molecule has 0 fully saturated rings. The smallest absolute Gasteiger partial charge is 0.0438 e. The highest BCUT2D eigenvalue weighted by Crippen LogP contribution is 2.29. The van der Waals surface area contributed by atoms with Gasteiger partial charge in [-0.05, 0) is 43.2 Å². The monoisotopic (exact) mass is 191 g/mol. The predicted molar refractivity (Wildman–Crippen MR) is 61.7 cm³/mol. The Kier molecular flexibility index (Phi) is 4.12. The van der Waals surface area contributed by atoms with Crippen LogP contribution in [0.25, 0.3) is 0 Å². The average Bonchev–Trinajstić information content (AvgIpc) is 2.22. The van der Waals surface area contributed by atoms with Crippen molar-refractivity contribution in [1.82, 2.24) is 4.98 Å². The van der Waals surface area contributed by atoms with Crippen molar-refractivity contribution in [2.45, 2.75) is 52.9 Å². The fourth-order valence-corrected chi connectivity index (χ4v) is 1.99. The van der Waals surface area contributed by atoms with Crippen molar-refractivity contribution in [2.24, 2.45) is 0 Å². The van der Waals surface area contributed by atoms with E-state index >= 15 is 0 Å². The summed E-state index contributed by atoms with van der Waals surface area (Å²) in [4.78, 5) is 4.47. The fraction of sp³-hybridized carbons (Fsp3) is 0.615. The van der Waals surface area contributed by atoms with Crippen molar-refractivity contribution in [3.63, 3.8) is 0 Å². The second kappa shape index (κ2) is 5.14. The molecule has 2 rings (SSSR count). The zero-order chi connectivity index (χ0) is 10.6. The summed E-state index contributed by atoms with van der Waals surface area (Å²) in [5.74, 6) is 0.723. The van der Waals surface area contributed by atoms with Gasteiger partial charge in [-0.15, -0.1) is 0 Å². The van der Waals surface area contributed by atoms with Crippen LogP contribution in [0, 0.1) is 6.92 Å². The number of nitrogens with zero attached hydrogens (tertiary/aromatic N) is 1. The molecule has 0 bridgehead atoms. The first-order valence-electron chi connectivity index (χ1n) is 5.73. The lowest BCUT2D eigenvalue weighted by molar-refractivity contribution is 0.578. The Bertz CT molecular complexity index is 291. The van der Waals surface area contributed by atoms with E-state index in [-0.39, 0.29) is 0 Å². The van der Waals surface area contributed by atoms with Gasteiger partial charge in [-0.1, -0.05) is 26.8 Å². The summed E-state index contributed by atoms with van der Waals surface area (Å²) in [6, 6.07) is 2.30. The molecule has 1 heteroatoms. The maximum Gasteiger partial charge on any atom is 0.0438 e. The molecule has 1 aromatic rings. The maximum atomic E-state index is 4.47. The Balaban J connectivity index is 0.000000461. The van der Waals surface area contributed by atoms with Crippen LogP contribution in [-0.4, -0.2) is 4.98 Å². The van der Waals surface area contributed by atoms with Crippen molar-refractivity contribution in [2.75, 3.05) is 0 Å². The van der Waals surface area contributed by atoms with E-state index in [1.54, 1.807) is 0 Å². The summed E-state index contributed by atoms with van der Waals surface area (Å²) in [7, 11) is 0. The number of hydrogen-bond donors (Lipinski definition) is 0. The molecule has 1 aliphatic rings. The minimum atomic E-state index is 0.723. The topological polar surface area (TPSA) is 12.9 Å². The summed E-state index contributed by atoms with van der Waals surface area (Å²) in [6.07, 6.45) is 5.80. The third-order valence-corrected chi connectivity index (χ3v) is 2.72. The summed E-state index contributed by atoms with van der Waals surface area (Å²) in [5.41, 5.74) is 4.11. The van der Waals surface area contributed by atoms with E-state index in [1.165, 1.54) is 36.1 Å². The first-order valence-corrected chi connectivity index (χ1v) is 5.73. The van der Waals surface area contributed by atoms with E-state index in [0.717, 1.165) is 5.92 Å². The molecule has 1 heterocycles. The first-order chi connectivity index (χ1) is 6.77. The minimum Gasteiger partial charge on any atom is -0.261 e. The molecular formula is C13H21N. The van der Waals surface area contributed by atoms with Gasteiger partial charge >= 0.3 is 0 Å². The molecule has 0 spiro atoms. The van der Waals surface area contributed by atoms with Gasteiger partial charge in [-0.2, -0.15) is 0 Å². The molecule has 0 N–H and O–H groups in total. The van der Waals surface area contributed by atoms with Crippen LogP contribution in [0.3, 0.4) is 0 Å². The molecule has 1 nitrogen and oxygen atoms in total. The third-order valence-electron chi connectivity index (χ3n) is 2.72. The molecule has 78 valence electrons. The molecular weight excluding hydrogens is 170 g/mol. The fourth-order valence-electron chi connectivity index (χ4n) is 1.99. The van der Waals surface area contributed by atoms with Crippen LogP contribution in [0.15, 0.2) is 12.3 Å². The second-order valence-corrected chi connectivity index (χ2v) is 3.84. The van der Waals surface area contributed by atoms with E-state index in [2.05, 4.69) is 24.9 Å². The summed E-state index contributed by atoms with van der Waals surface area (Å²) >= 11 is 0. The first kappa shape index (κ1) is 11.2. The van der Waals surface area contributed by atoms with Gasteiger partial charge in [0.1, 0.15) is 0 Å². The highest BCUT2D eigenvalue weighted by molar-refractivity contribution is 5.29. The average molecular weight is 191 g/mol. The van der Waals surface area contributed by atoms with Gasteiger partial charge in [0.25, 0.3) is 0 Å².